The Balaban J connectivity index is 1.33. The Morgan fingerprint density at radius 2 is 2.00 bits per heavy atom. The van der Waals surface area contributed by atoms with E-state index in [2.05, 4.69) is 20.1 Å². The second-order valence-electron chi connectivity index (χ2n) is 6.43. The minimum atomic E-state index is -0.466. The van der Waals surface area contributed by atoms with Crippen molar-refractivity contribution in [3.8, 4) is 17.1 Å². The first-order chi connectivity index (χ1) is 14.6. The lowest BCUT2D eigenvalue weighted by Crippen LogP contribution is -2.14. The van der Waals surface area contributed by atoms with Crippen molar-refractivity contribution in [1.82, 2.24) is 20.1 Å². The quantitative estimate of drug-likeness (QED) is 0.465. The lowest BCUT2D eigenvalue weighted by molar-refractivity contribution is -0.145. The smallest absolute Gasteiger partial charge is 0.306 e. The highest BCUT2D eigenvalue weighted by atomic mass is 16.6. The highest BCUT2D eigenvalue weighted by Crippen LogP contribution is 2.21. The number of hydrogen-bond acceptors (Lipinski definition) is 8. The van der Waals surface area contributed by atoms with E-state index in [1.807, 2.05) is 18.2 Å². The summed E-state index contributed by atoms with van der Waals surface area (Å²) in [4.78, 5) is 35.4. The third-order valence-electron chi connectivity index (χ3n) is 4.38. The molecule has 0 saturated heterocycles. The minimum absolute atomic E-state index is 0.0537. The van der Waals surface area contributed by atoms with Crippen LogP contribution in [0.25, 0.3) is 22.3 Å². The molecule has 0 unspecified atom stereocenters. The summed E-state index contributed by atoms with van der Waals surface area (Å²) in [7, 11) is 1.57. The van der Waals surface area contributed by atoms with Crippen molar-refractivity contribution in [1.29, 1.82) is 0 Å². The number of aromatic amines is 1. The van der Waals surface area contributed by atoms with E-state index in [-0.39, 0.29) is 30.9 Å². The SMILES string of the molecule is COc1cccc(-c2noc(COC(=O)CCc3nc4ccccc4c(=O)[nH]3)n2)c1. The van der Waals surface area contributed by atoms with E-state index in [1.54, 1.807) is 37.4 Å². The molecule has 0 aliphatic carbocycles. The van der Waals surface area contributed by atoms with Crippen molar-refractivity contribution in [2.24, 2.45) is 0 Å². The molecule has 0 aliphatic heterocycles. The predicted molar refractivity (Wildman–Crippen MR) is 107 cm³/mol. The Bertz CT molecular complexity index is 1250. The Hall–Kier alpha value is -4.01. The summed E-state index contributed by atoms with van der Waals surface area (Å²) in [6.45, 7) is -0.141. The molecule has 0 saturated carbocycles. The molecular formula is C21H18N4O5. The van der Waals surface area contributed by atoms with Crippen LogP contribution in [0.5, 0.6) is 5.75 Å². The standard InChI is InChI=1S/C21H18N4O5/c1-28-14-6-4-5-13(11-14)20-24-18(30-25-20)12-29-19(26)10-9-17-22-16-8-3-2-7-15(16)21(27)23-17/h2-8,11H,9-10,12H2,1H3,(H,22,23,27). The van der Waals surface area contributed by atoms with Crippen LogP contribution in [0.3, 0.4) is 0 Å². The Morgan fingerprint density at radius 1 is 1.13 bits per heavy atom. The molecule has 0 fully saturated rings. The Morgan fingerprint density at radius 3 is 2.87 bits per heavy atom. The van der Waals surface area contributed by atoms with Gasteiger partial charge in [-0.1, -0.05) is 29.4 Å². The molecule has 2 heterocycles. The molecule has 0 bridgehead atoms. The maximum absolute atomic E-state index is 12.1. The Labute approximate surface area is 170 Å². The van der Waals surface area contributed by atoms with Gasteiger partial charge in [0.1, 0.15) is 11.6 Å². The second kappa shape index (κ2) is 8.56. The Kier molecular flexibility index (Phi) is 5.51. The zero-order chi connectivity index (χ0) is 20.9. The van der Waals surface area contributed by atoms with E-state index in [0.717, 1.165) is 5.56 Å². The van der Waals surface area contributed by atoms with Gasteiger partial charge in [-0.05, 0) is 24.3 Å². The molecule has 0 atom stereocenters. The van der Waals surface area contributed by atoms with Gasteiger partial charge in [0.2, 0.25) is 5.82 Å². The lowest BCUT2D eigenvalue weighted by Gasteiger charge is -2.03. The van der Waals surface area contributed by atoms with Crippen LogP contribution in [0.15, 0.2) is 57.8 Å². The molecule has 1 N–H and O–H groups in total. The number of aromatic nitrogens is 4. The molecule has 2 aromatic carbocycles. The van der Waals surface area contributed by atoms with E-state index in [9.17, 15) is 9.59 Å². The normalized spacial score (nSPS) is 10.8. The molecule has 9 nitrogen and oxygen atoms in total. The largest absolute Gasteiger partial charge is 0.497 e. The number of nitrogens with one attached hydrogen (secondary N) is 1. The van der Waals surface area contributed by atoms with Gasteiger partial charge in [-0.2, -0.15) is 4.98 Å². The lowest BCUT2D eigenvalue weighted by atomic mass is 10.2. The van der Waals surface area contributed by atoms with Gasteiger partial charge in [-0.25, -0.2) is 4.98 Å². The van der Waals surface area contributed by atoms with Crippen molar-refractivity contribution in [3.63, 3.8) is 0 Å². The number of hydrogen-bond donors (Lipinski definition) is 1. The highest BCUT2D eigenvalue weighted by Gasteiger charge is 2.13. The summed E-state index contributed by atoms with van der Waals surface area (Å²) in [5, 5.41) is 4.40. The third-order valence-corrected chi connectivity index (χ3v) is 4.38. The fourth-order valence-electron chi connectivity index (χ4n) is 2.88. The summed E-state index contributed by atoms with van der Waals surface area (Å²) in [6.07, 6.45) is 0.302. The van der Waals surface area contributed by atoms with Crippen molar-refractivity contribution < 1.29 is 18.8 Å². The number of rotatable bonds is 7. The number of aryl methyl sites for hydroxylation is 1. The van der Waals surface area contributed by atoms with Crippen LogP contribution in [-0.2, 0) is 22.6 Å². The van der Waals surface area contributed by atoms with Gasteiger partial charge < -0.3 is 19.0 Å². The first kappa shape index (κ1) is 19.3. The number of para-hydroxylation sites is 1. The molecule has 0 aliphatic rings. The van der Waals surface area contributed by atoms with Crippen molar-refractivity contribution in [2.45, 2.75) is 19.4 Å². The monoisotopic (exact) mass is 406 g/mol. The van der Waals surface area contributed by atoms with Gasteiger partial charge >= 0.3 is 5.97 Å². The van der Waals surface area contributed by atoms with Crippen LogP contribution in [0.4, 0.5) is 0 Å². The molecule has 0 amide bonds. The molecule has 30 heavy (non-hydrogen) atoms. The topological polar surface area (TPSA) is 120 Å². The third kappa shape index (κ3) is 4.35. The number of ether oxygens (including phenoxy) is 2. The van der Waals surface area contributed by atoms with Crippen molar-refractivity contribution in [2.75, 3.05) is 7.11 Å². The zero-order valence-corrected chi connectivity index (χ0v) is 16.1. The minimum Gasteiger partial charge on any atom is -0.497 e. The maximum Gasteiger partial charge on any atom is 0.306 e. The molecule has 152 valence electrons. The molecule has 0 spiro atoms. The molecule has 2 aromatic heterocycles. The van der Waals surface area contributed by atoms with Crippen LogP contribution >= 0.6 is 0 Å². The number of H-pyrrole nitrogens is 1. The van der Waals surface area contributed by atoms with Gasteiger partial charge in [-0.15, -0.1) is 0 Å². The number of nitrogens with zero attached hydrogens (tertiary/aromatic N) is 3. The number of carbonyl (C=O) groups excluding carboxylic acids is 1. The first-order valence-corrected chi connectivity index (χ1v) is 9.23. The molecular weight excluding hydrogens is 388 g/mol. The van der Waals surface area contributed by atoms with Gasteiger partial charge in [0.05, 0.1) is 24.4 Å². The molecule has 9 heteroatoms. The van der Waals surface area contributed by atoms with Gasteiger partial charge in [-0.3, -0.25) is 9.59 Å². The summed E-state index contributed by atoms with van der Waals surface area (Å²) in [6, 6.07) is 14.2. The number of benzene rings is 2. The van der Waals surface area contributed by atoms with Crippen LogP contribution in [0, 0.1) is 0 Å². The number of methoxy groups -OCH3 is 1. The van der Waals surface area contributed by atoms with Crippen LogP contribution in [0.1, 0.15) is 18.1 Å². The highest BCUT2D eigenvalue weighted by molar-refractivity contribution is 5.77. The van der Waals surface area contributed by atoms with Crippen LogP contribution in [-0.4, -0.2) is 33.2 Å². The van der Waals surface area contributed by atoms with E-state index in [4.69, 9.17) is 14.0 Å². The molecule has 4 rings (SSSR count). The van der Waals surface area contributed by atoms with E-state index in [0.29, 0.717) is 28.3 Å². The van der Waals surface area contributed by atoms with Gasteiger partial charge in [0.25, 0.3) is 11.4 Å². The first-order valence-electron chi connectivity index (χ1n) is 9.23. The fraction of sp³-hybridized carbons (Fsp3) is 0.190. The summed E-state index contributed by atoms with van der Waals surface area (Å²) < 4.78 is 15.5. The summed E-state index contributed by atoms with van der Waals surface area (Å²) in [5.74, 6) is 1.18. The van der Waals surface area contributed by atoms with Gasteiger partial charge in [0, 0.05) is 12.0 Å². The van der Waals surface area contributed by atoms with Gasteiger partial charge in [0.15, 0.2) is 6.61 Å². The second-order valence-corrected chi connectivity index (χ2v) is 6.43. The van der Waals surface area contributed by atoms with E-state index >= 15 is 0 Å². The number of fused-ring (bicyclic) bond motifs is 1. The predicted octanol–water partition coefficient (Wildman–Crippen LogP) is 2.66. The van der Waals surface area contributed by atoms with E-state index in [1.165, 1.54) is 0 Å². The summed E-state index contributed by atoms with van der Waals surface area (Å²) >= 11 is 0. The van der Waals surface area contributed by atoms with Crippen LogP contribution in [0.2, 0.25) is 0 Å². The van der Waals surface area contributed by atoms with Crippen LogP contribution < -0.4 is 10.3 Å². The fourth-order valence-corrected chi connectivity index (χ4v) is 2.88. The molecule has 0 radical (unpaired) electrons. The average Bonchev–Trinajstić information content (AvgIpc) is 3.25. The molecule has 4 aromatic rings. The maximum atomic E-state index is 12.1. The van der Waals surface area contributed by atoms with Crippen molar-refractivity contribution >= 4 is 16.9 Å². The number of esters is 1. The summed E-state index contributed by atoms with van der Waals surface area (Å²) in [5.41, 5.74) is 1.07. The van der Waals surface area contributed by atoms with E-state index < -0.39 is 5.97 Å². The average molecular weight is 406 g/mol. The number of carbonyl (C=O) groups is 1. The van der Waals surface area contributed by atoms with Crippen molar-refractivity contribution in [3.05, 3.63) is 70.6 Å². The zero-order valence-electron chi connectivity index (χ0n) is 16.1.